The third-order valence-electron chi connectivity index (χ3n) is 5.30. The van der Waals surface area contributed by atoms with Crippen molar-refractivity contribution in [3.05, 3.63) is 35.4 Å². The van der Waals surface area contributed by atoms with Crippen LogP contribution >= 0.6 is 0 Å². The van der Waals surface area contributed by atoms with Crippen molar-refractivity contribution < 1.29 is 33.8 Å². The van der Waals surface area contributed by atoms with Gasteiger partial charge in [-0.3, -0.25) is 24.8 Å². The quantitative estimate of drug-likeness (QED) is 0.0557. The van der Waals surface area contributed by atoms with Crippen LogP contribution in [0.2, 0.25) is 0 Å². The lowest BCUT2D eigenvalue weighted by atomic mass is 10.1. The Bertz CT molecular complexity index is 1040. The molecule has 14 heteroatoms. The number of carboxylic acids is 1. The smallest absolute Gasteiger partial charge is 0.407 e. The molecular weight excluding hydrogens is 510 g/mol. The van der Waals surface area contributed by atoms with Crippen molar-refractivity contribution in [3.8, 4) is 0 Å². The van der Waals surface area contributed by atoms with Crippen molar-refractivity contribution in [1.82, 2.24) is 16.0 Å². The molecule has 2 atom stereocenters. The highest BCUT2D eigenvalue weighted by atomic mass is 16.5. The monoisotopic (exact) mass is 547 g/mol. The molecule has 0 aliphatic rings. The zero-order valence-electron chi connectivity index (χ0n) is 21.9. The zero-order valence-corrected chi connectivity index (χ0v) is 21.9. The third kappa shape index (κ3) is 14.7. The van der Waals surface area contributed by atoms with E-state index in [4.69, 9.17) is 26.7 Å². The summed E-state index contributed by atoms with van der Waals surface area (Å²) in [6, 6.07) is 5.06. The molecule has 9 N–H and O–H groups in total. The number of nitrogens with one attached hydrogen (secondary N) is 4. The summed E-state index contributed by atoms with van der Waals surface area (Å²) in [5.41, 5.74) is 12.4. The molecule has 0 saturated carbocycles. The number of nitrogen functional groups attached to an aromatic ring is 1. The minimum Gasteiger partial charge on any atom is -0.481 e. The van der Waals surface area contributed by atoms with Gasteiger partial charge in [0.05, 0.1) is 25.0 Å². The van der Waals surface area contributed by atoms with Crippen LogP contribution in [-0.4, -0.2) is 78.7 Å². The van der Waals surface area contributed by atoms with E-state index in [2.05, 4.69) is 20.9 Å². The normalized spacial score (nSPS) is 12.5. The van der Waals surface area contributed by atoms with E-state index in [0.29, 0.717) is 49.9 Å². The van der Waals surface area contributed by atoms with E-state index in [9.17, 15) is 24.0 Å². The van der Waals surface area contributed by atoms with E-state index in [1.807, 2.05) is 6.07 Å². The number of amidine groups is 2. The van der Waals surface area contributed by atoms with E-state index in [1.165, 1.54) is 0 Å². The molecule has 0 aliphatic carbocycles. The number of nitrogens with zero attached hydrogens (tertiary/aromatic N) is 1. The molecule has 1 rings (SSSR count). The van der Waals surface area contributed by atoms with E-state index >= 15 is 0 Å². The fourth-order valence-corrected chi connectivity index (χ4v) is 3.35. The maximum absolute atomic E-state index is 12.5. The molecule has 0 bridgehead atoms. The number of hydrogen-bond donors (Lipinski definition) is 7. The van der Waals surface area contributed by atoms with Crippen LogP contribution in [0.4, 0.5) is 4.79 Å². The summed E-state index contributed by atoms with van der Waals surface area (Å²) in [4.78, 5) is 63.1. The number of aliphatic carboxylic acids is 1. The number of aryl methyl sites for hydroxylation is 1. The van der Waals surface area contributed by atoms with Crippen LogP contribution in [-0.2, 0) is 30.3 Å². The first-order valence-electron chi connectivity index (χ1n) is 12.4. The second-order valence-corrected chi connectivity index (χ2v) is 8.68. The lowest BCUT2D eigenvalue weighted by Gasteiger charge is -2.18. The van der Waals surface area contributed by atoms with E-state index in [1.54, 1.807) is 25.1 Å². The van der Waals surface area contributed by atoms with Crippen LogP contribution in [0.3, 0.4) is 0 Å². The maximum atomic E-state index is 12.5. The van der Waals surface area contributed by atoms with Crippen molar-refractivity contribution in [1.29, 1.82) is 5.41 Å². The Balaban J connectivity index is 2.52. The van der Waals surface area contributed by atoms with Gasteiger partial charge in [0, 0.05) is 18.5 Å². The number of amides is 3. The Morgan fingerprint density at radius 2 is 1.90 bits per heavy atom. The molecule has 1 aromatic carbocycles. The summed E-state index contributed by atoms with van der Waals surface area (Å²) in [6.07, 6.45) is 0.869. The Labute approximate surface area is 226 Å². The van der Waals surface area contributed by atoms with E-state index in [0.717, 1.165) is 5.56 Å². The number of nitrogens with two attached hydrogens (primary N) is 2. The molecule has 0 radical (unpaired) electrons. The molecule has 3 amide bonds. The summed E-state index contributed by atoms with van der Waals surface area (Å²) >= 11 is 0. The summed E-state index contributed by atoms with van der Waals surface area (Å²) in [7, 11) is 0. The average molecular weight is 548 g/mol. The molecule has 0 spiro atoms. The van der Waals surface area contributed by atoms with Gasteiger partial charge in [-0.05, 0) is 50.7 Å². The van der Waals surface area contributed by atoms with Crippen LogP contribution in [0.25, 0.3) is 0 Å². The number of carbonyl (C=O) groups is 5. The first kappa shape index (κ1) is 32.5. The zero-order chi connectivity index (χ0) is 29.2. The largest absolute Gasteiger partial charge is 0.481 e. The fraction of sp³-hybridized carbons (Fsp3) is 0.480. The van der Waals surface area contributed by atoms with Gasteiger partial charge >= 0.3 is 12.1 Å². The fourth-order valence-electron chi connectivity index (χ4n) is 3.35. The van der Waals surface area contributed by atoms with Crippen molar-refractivity contribution in [2.24, 2.45) is 16.5 Å². The molecule has 0 saturated heterocycles. The van der Waals surface area contributed by atoms with Gasteiger partial charge in [-0.25, -0.2) is 4.79 Å². The SMILES string of the molecule is CC(N)=NCCC[C@@H](C=O)NC(=O)CNC(=O)[C@H](CCC(=O)O)NC(=O)OCCCc1cccc(C(=N)N)c1. The lowest BCUT2D eigenvalue weighted by molar-refractivity contribution is -0.137. The minimum absolute atomic E-state index is 0.0229. The van der Waals surface area contributed by atoms with Crippen LogP contribution in [0.5, 0.6) is 0 Å². The summed E-state index contributed by atoms with van der Waals surface area (Å²) < 4.78 is 5.10. The maximum Gasteiger partial charge on any atom is 0.407 e. The second-order valence-electron chi connectivity index (χ2n) is 8.68. The third-order valence-corrected chi connectivity index (χ3v) is 5.30. The summed E-state index contributed by atoms with van der Waals surface area (Å²) in [5.74, 6) is -2.22. The van der Waals surface area contributed by atoms with Gasteiger partial charge in [-0.15, -0.1) is 0 Å². The summed E-state index contributed by atoms with van der Waals surface area (Å²) in [6.45, 7) is 1.58. The topological polar surface area (TPSA) is 239 Å². The molecule has 1 aromatic rings. The highest BCUT2D eigenvalue weighted by Crippen LogP contribution is 2.08. The molecule has 39 heavy (non-hydrogen) atoms. The second kappa shape index (κ2) is 17.9. The Morgan fingerprint density at radius 1 is 1.15 bits per heavy atom. The summed E-state index contributed by atoms with van der Waals surface area (Å²) in [5, 5.41) is 23.6. The molecule has 0 aromatic heterocycles. The number of benzene rings is 1. The average Bonchev–Trinajstić information content (AvgIpc) is 2.89. The van der Waals surface area contributed by atoms with Crippen molar-refractivity contribution in [2.75, 3.05) is 19.7 Å². The van der Waals surface area contributed by atoms with Crippen LogP contribution in [0, 0.1) is 5.41 Å². The molecule has 214 valence electrons. The van der Waals surface area contributed by atoms with E-state index < -0.39 is 48.9 Å². The molecule has 0 unspecified atom stereocenters. The van der Waals surface area contributed by atoms with Gasteiger partial charge in [0.25, 0.3) is 0 Å². The molecule has 0 fully saturated rings. The standard InChI is InChI=1S/C25H37N7O7/c1-16(26)29-11-3-8-19(15-33)31-21(34)14-30-24(37)20(9-10-22(35)36)32-25(38)39-12-4-6-17-5-2-7-18(13-17)23(27)28/h2,5,7,13,15,19-20H,3-4,6,8-12,14H2,1H3,(H2,26,29)(H3,27,28)(H,30,37)(H,31,34)(H,32,38)(H,35,36)/t19-,20-/m0/s1. The number of carbonyl (C=O) groups excluding carboxylic acids is 4. The van der Waals surface area contributed by atoms with Gasteiger partial charge < -0.3 is 42.1 Å². The Hall–Kier alpha value is -4.49. The molecular formula is C25H37N7O7. The molecule has 0 heterocycles. The van der Waals surface area contributed by atoms with E-state index in [-0.39, 0.29) is 18.9 Å². The number of hydrogen-bond acceptors (Lipinski definition) is 8. The Morgan fingerprint density at radius 3 is 2.54 bits per heavy atom. The van der Waals surface area contributed by atoms with Crippen molar-refractivity contribution in [2.45, 2.75) is 57.5 Å². The number of aldehydes is 1. The van der Waals surface area contributed by atoms with Gasteiger partial charge in [0.1, 0.15) is 18.2 Å². The van der Waals surface area contributed by atoms with Gasteiger partial charge in [0.15, 0.2) is 0 Å². The van der Waals surface area contributed by atoms with Gasteiger partial charge in [0.2, 0.25) is 11.8 Å². The molecule has 0 aliphatic heterocycles. The van der Waals surface area contributed by atoms with Crippen molar-refractivity contribution in [3.63, 3.8) is 0 Å². The van der Waals surface area contributed by atoms with Gasteiger partial charge in [-0.2, -0.15) is 0 Å². The first-order chi connectivity index (χ1) is 18.5. The highest BCUT2D eigenvalue weighted by Gasteiger charge is 2.23. The van der Waals surface area contributed by atoms with Gasteiger partial charge in [-0.1, -0.05) is 18.2 Å². The van der Waals surface area contributed by atoms with Crippen LogP contribution < -0.4 is 27.4 Å². The Kier molecular flexibility index (Phi) is 14.9. The number of alkyl carbamates (subject to hydrolysis) is 1. The number of aliphatic imine (C=N–C) groups is 1. The lowest BCUT2D eigenvalue weighted by Crippen LogP contribution is -2.50. The predicted molar refractivity (Wildman–Crippen MR) is 143 cm³/mol. The van der Waals surface area contributed by atoms with Crippen LogP contribution in [0.15, 0.2) is 29.3 Å². The molecule has 14 nitrogen and oxygen atoms in total. The number of rotatable bonds is 18. The minimum atomic E-state index is -1.26. The highest BCUT2D eigenvalue weighted by molar-refractivity contribution is 5.95. The van der Waals surface area contributed by atoms with Crippen molar-refractivity contribution >= 4 is 41.8 Å². The van der Waals surface area contributed by atoms with Crippen LogP contribution in [0.1, 0.15) is 50.2 Å². The predicted octanol–water partition coefficient (Wildman–Crippen LogP) is -0.180. The number of carboxylic acid groups (broad SMARTS) is 1. The number of ether oxygens (including phenoxy) is 1. The first-order valence-corrected chi connectivity index (χ1v) is 12.4.